The second kappa shape index (κ2) is 9.92. The first kappa shape index (κ1) is 24.5. The van der Waals surface area contributed by atoms with E-state index in [0.717, 1.165) is 51.3 Å². The molecular formula is C27H26FN3O3S. The zero-order chi connectivity index (χ0) is 25.3. The topological polar surface area (TPSA) is 71.4 Å². The zero-order valence-corrected chi connectivity index (χ0v) is 20.8. The van der Waals surface area contributed by atoms with Gasteiger partial charge < -0.3 is 9.88 Å². The van der Waals surface area contributed by atoms with Gasteiger partial charge >= 0.3 is 0 Å². The number of imide groups is 1. The summed E-state index contributed by atoms with van der Waals surface area (Å²) in [5, 5.41) is 1.87. The molecular weight excluding hydrogens is 465 g/mol. The molecule has 1 aliphatic heterocycles. The van der Waals surface area contributed by atoms with Gasteiger partial charge in [-0.3, -0.25) is 19.3 Å². The number of hydrogen-bond donors (Lipinski definition) is 1. The Kier molecular flexibility index (Phi) is 6.93. The third-order valence-electron chi connectivity index (χ3n) is 6.01. The predicted molar refractivity (Wildman–Crippen MR) is 137 cm³/mol. The molecule has 180 valence electrons. The highest BCUT2D eigenvalue weighted by Crippen LogP contribution is 2.34. The maximum absolute atomic E-state index is 13.8. The van der Waals surface area contributed by atoms with Gasteiger partial charge in [0, 0.05) is 11.4 Å². The SMILES string of the molecule is CCc1cccc(C)c1-n1c(C)cc(C=C2SC(=O)N(CC(=O)Nc3ccccc3F)C2=O)c1C. The van der Waals surface area contributed by atoms with Gasteiger partial charge in [-0.2, -0.15) is 0 Å². The van der Waals surface area contributed by atoms with Crippen molar-refractivity contribution in [1.82, 2.24) is 9.47 Å². The van der Waals surface area contributed by atoms with Crippen LogP contribution in [0, 0.1) is 26.6 Å². The Hall–Kier alpha value is -3.65. The quantitative estimate of drug-likeness (QED) is 0.444. The van der Waals surface area contributed by atoms with Crippen molar-refractivity contribution >= 4 is 40.6 Å². The normalized spacial score (nSPS) is 14.8. The third kappa shape index (κ3) is 4.79. The number of hydrogen-bond acceptors (Lipinski definition) is 4. The Morgan fingerprint density at radius 3 is 2.54 bits per heavy atom. The van der Waals surface area contributed by atoms with Crippen LogP contribution in [0.3, 0.4) is 0 Å². The Morgan fingerprint density at radius 2 is 1.83 bits per heavy atom. The number of amides is 3. The molecule has 0 aliphatic carbocycles. The lowest BCUT2D eigenvalue weighted by Gasteiger charge is -2.17. The number of thioether (sulfide) groups is 1. The van der Waals surface area contributed by atoms with E-state index in [4.69, 9.17) is 0 Å². The average molecular weight is 492 g/mol. The molecule has 1 fully saturated rings. The molecule has 0 spiro atoms. The van der Waals surface area contributed by atoms with Crippen LogP contribution in [0.2, 0.25) is 0 Å². The molecule has 0 saturated carbocycles. The summed E-state index contributed by atoms with van der Waals surface area (Å²) >= 11 is 0.794. The minimum Gasteiger partial charge on any atom is -0.322 e. The molecule has 3 amide bonds. The molecule has 0 unspecified atom stereocenters. The Labute approximate surface area is 207 Å². The maximum atomic E-state index is 13.8. The van der Waals surface area contributed by atoms with Gasteiger partial charge in [0.1, 0.15) is 12.4 Å². The summed E-state index contributed by atoms with van der Waals surface area (Å²) in [4.78, 5) is 39.0. The van der Waals surface area contributed by atoms with Gasteiger partial charge in [0.05, 0.1) is 16.3 Å². The molecule has 35 heavy (non-hydrogen) atoms. The van der Waals surface area contributed by atoms with E-state index in [2.05, 4.69) is 35.9 Å². The van der Waals surface area contributed by atoms with E-state index in [-0.39, 0.29) is 10.6 Å². The second-order valence-corrected chi connectivity index (χ2v) is 9.39. The molecule has 6 nitrogen and oxygen atoms in total. The van der Waals surface area contributed by atoms with Crippen molar-refractivity contribution in [2.45, 2.75) is 34.1 Å². The zero-order valence-electron chi connectivity index (χ0n) is 20.0. The third-order valence-corrected chi connectivity index (χ3v) is 6.91. The van der Waals surface area contributed by atoms with E-state index >= 15 is 0 Å². The molecule has 2 aromatic carbocycles. The van der Waals surface area contributed by atoms with Crippen LogP contribution in [-0.4, -0.2) is 33.1 Å². The van der Waals surface area contributed by atoms with Crippen LogP contribution in [0.5, 0.6) is 0 Å². The molecule has 0 atom stereocenters. The number of halogens is 1. The number of nitrogens with one attached hydrogen (secondary N) is 1. The van der Waals surface area contributed by atoms with Crippen LogP contribution >= 0.6 is 11.8 Å². The van der Waals surface area contributed by atoms with Gasteiger partial charge in [-0.15, -0.1) is 0 Å². The molecule has 4 rings (SSSR count). The molecule has 0 bridgehead atoms. The number of carbonyl (C=O) groups excluding carboxylic acids is 3. The minimum absolute atomic E-state index is 0.00453. The first-order valence-corrected chi connectivity index (χ1v) is 12.1. The van der Waals surface area contributed by atoms with Crippen molar-refractivity contribution in [2.75, 3.05) is 11.9 Å². The number of para-hydroxylation sites is 2. The molecule has 1 aromatic heterocycles. The average Bonchev–Trinajstić information content (AvgIpc) is 3.24. The van der Waals surface area contributed by atoms with Gasteiger partial charge in [0.15, 0.2) is 0 Å². The van der Waals surface area contributed by atoms with Gasteiger partial charge in [0.2, 0.25) is 5.91 Å². The van der Waals surface area contributed by atoms with E-state index in [1.54, 1.807) is 12.1 Å². The number of aromatic nitrogens is 1. The summed E-state index contributed by atoms with van der Waals surface area (Å²) in [6.45, 7) is 7.70. The number of aryl methyl sites for hydroxylation is 3. The summed E-state index contributed by atoms with van der Waals surface area (Å²) < 4.78 is 16.0. The van der Waals surface area contributed by atoms with Crippen molar-refractivity contribution in [1.29, 1.82) is 0 Å². The summed E-state index contributed by atoms with van der Waals surface area (Å²) in [5.74, 6) is -1.78. The van der Waals surface area contributed by atoms with Crippen molar-refractivity contribution in [3.8, 4) is 5.69 Å². The van der Waals surface area contributed by atoms with E-state index in [0.29, 0.717) is 0 Å². The predicted octanol–water partition coefficient (Wildman–Crippen LogP) is 5.78. The molecule has 3 aromatic rings. The summed E-state index contributed by atoms with van der Waals surface area (Å²) in [5.41, 5.74) is 6.29. The molecule has 2 heterocycles. The smallest absolute Gasteiger partial charge is 0.294 e. The van der Waals surface area contributed by atoms with Gasteiger partial charge in [0.25, 0.3) is 11.1 Å². The number of nitrogens with zero attached hydrogens (tertiary/aromatic N) is 2. The van der Waals surface area contributed by atoms with E-state index in [1.807, 2.05) is 26.0 Å². The van der Waals surface area contributed by atoms with Gasteiger partial charge in [-0.05, 0) is 79.9 Å². The van der Waals surface area contributed by atoms with Gasteiger partial charge in [-0.25, -0.2) is 4.39 Å². The number of anilines is 1. The Balaban J connectivity index is 1.58. The summed E-state index contributed by atoms with van der Waals surface area (Å²) in [7, 11) is 0. The Morgan fingerprint density at radius 1 is 1.09 bits per heavy atom. The molecule has 1 saturated heterocycles. The highest BCUT2D eigenvalue weighted by atomic mass is 32.2. The fraction of sp³-hybridized carbons (Fsp3) is 0.222. The lowest BCUT2D eigenvalue weighted by atomic mass is 10.1. The molecule has 8 heteroatoms. The van der Waals surface area contributed by atoms with E-state index in [9.17, 15) is 18.8 Å². The van der Waals surface area contributed by atoms with Crippen molar-refractivity contribution in [3.63, 3.8) is 0 Å². The van der Waals surface area contributed by atoms with Gasteiger partial charge in [-0.1, -0.05) is 37.3 Å². The maximum Gasteiger partial charge on any atom is 0.294 e. The molecule has 1 N–H and O–H groups in total. The van der Waals surface area contributed by atoms with Crippen LogP contribution in [0.15, 0.2) is 53.4 Å². The highest BCUT2D eigenvalue weighted by Gasteiger charge is 2.36. The van der Waals surface area contributed by atoms with Crippen LogP contribution in [0.4, 0.5) is 14.9 Å². The summed E-state index contributed by atoms with van der Waals surface area (Å²) in [6, 6.07) is 13.9. The Bertz CT molecular complexity index is 1380. The van der Waals surface area contributed by atoms with Crippen molar-refractivity contribution < 1.29 is 18.8 Å². The van der Waals surface area contributed by atoms with Crippen molar-refractivity contribution in [3.05, 3.63) is 87.3 Å². The molecule has 1 aliphatic rings. The van der Waals surface area contributed by atoms with Crippen LogP contribution in [-0.2, 0) is 16.0 Å². The monoisotopic (exact) mass is 491 g/mol. The van der Waals surface area contributed by atoms with Crippen LogP contribution < -0.4 is 5.32 Å². The second-order valence-electron chi connectivity index (χ2n) is 8.39. The molecule has 0 radical (unpaired) electrons. The first-order chi connectivity index (χ1) is 16.7. The summed E-state index contributed by atoms with van der Waals surface area (Å²) in [6.07, 6.45) is 2.58. The lowest BCUT2D eigenvalue weighted by molar-refractivity contribution is -0.127. The lowest BCUT2D eigenvalue weighted by Crippen LogP contribution is -2.36. The van der Waals surface area contributed by atoms with Crippen LogP contribution in [0.1, 0.15) is 35.0 Å². The first-order valence-electron chi connectivity index (χ1n) is 11.3. The van der Waals surface area contributed by atoms with E-state index < -0.39 is 29.4 Å². The highest BCUT2D eigenvalue weighted by molar-refractivity contribution is 8.18. The fourth-order valence-corrected chi connectivity index (χ4v) is 5.11. The largest absolute Gasteiger partial charge is 0.322 e. The van der Waals surface area contributed by atoms with E-state index in [1.165, 1.54) is 23.8 Å². The standard InChI is InChI=1S/C27H26FN3O3S/c1-5-19-10-8-9-16(2)25(19)31-17(3)13-20(18(31)4)14-23-26(33)30(27(34)35-23)15-24(32)29-22-12-7-6-11-21(22)28/h6-14H,5,15H2,1-4H3,(H,29,32). The van der Waals surface area contributed by atoms with Crippen LogP contribution in [0.25, 0.3) is 11.8 Å². The van der Waals surface area contributed by atoms with Crippen molar-refractivity contribution in [2.24, 2.45) is 0 Å². The number of rotatable bonds is 6. The fourth-order valence-electron chi connectivity index (χ4n) is 4.28. The number of carbonyl (C=O) groups is 3. The minimum atomic E-state index is -0.650. The number of benzene rings is 2.